The van der Waals surface area contributed by atoms with Crippen molar-refractivity contribution in [1.82, 2.24) is 25.2 Å². The van der Waals surface area contributed by atoms with Gasteiger partial charge in [0, 0.05) is 19.6 Å². The van der Waals surface area contributed by atoms with Crippen LogP contribution >= 0.6 is 0 Å². The number of piperazine rings is 1. The largest absolute Gasteiger partial charge is 0.331 e. The second kappa shape index (κ2) is 7.24. The first kappa shape index (κ1) is 17.3. The van der Waals surface area contributed by atoms with Crippen LogP contribution in [0.3, 0.4) is 0 Å². The van der Waals surface area contributed by atoms with Crippen LogP contribution in [-0.2, 0) is 11.3 Å². The molecule has 4 rings (SSSR count). The van der Waals surface area contributed by atoms with Crippen LogP contribution in [-0.4, -0.2) is 45.4 Å². The molecular weight excluding hydrogens is 349 g/mol. The van der Waals surface area contributed by atoms with E-state index in [1.165, 1.54) is 12.1 Å². The Balaban J connectivity index is 1.61. The smallest absolute Gasteiger partial charge is 0.278 e. The molecule has 7 nitrogen and oxygen atoms in total. The Hall–Kier alpha value is -3.13. The second-order valence-electron chi connectivity index (χ2n) is 6.43. The summed E-state index contributed by atoms with van der Waals surface area (Å²) in [5, 5.41) is 11.5. The van der Waals surface area contributed by atoms with E-state index in [0.717, 1.165) is 4.68 Å². The highest BCUT2D eigenvalue weighted by atomic mass is 19.1. The molecule has 1 saturated heterocycles. The van der Waals surface area contributed by atoms with Crippen LogP contribution in [0.2, 0.25) is 0 Å². The fourth-order valence-electron chi connectivity index (χ4n) is 3.36. The molecule has 2 aromatic carbocycles. The number of nitrogens with zero attached hydrogens (tertiary/aromatic N) is 4. The third kappa shape index (κ3) is 3.43. The van der Waals surface area contributed by atoms with E-state index < -0.39 is 0 Å². The van der Waals surface area contributed by atoms with Crippen molar-refractivity contribution < 1.29 is 9.18 Å². The minimum Gasteiger partial charge on any atom is -0.331 e. The lowest BCUT2D eigenvalue weighted by Crippen LogP contribution is -2.50. The molecule has 8 heteroatoms. The highest BCUT2D eigenvalue weighted by Gasteiger charge is 2.28. The van der Waals surface area contributed by atoms with Crippen LogP contribution in [0.15, 0.2) is 53.3 Å². The number of fused-ring (bicyclic) bond motifs is 1. The number of hydrogen-bond donors (Lipinski definition) is 1. The number of carbonyl (C=O) groups excluding carboxylic acids is 1. The molecule has 0 spiro atoms. The molecule has 2 heterocycles. The average molecular weight is 367 g/mol. The minimum absolute atomic E-state index is 0.206. The van der Waals surface area contributed by atoms with Crippen molar-refractivity contribution in [1.29, 1.82) is 0 Å². The standard InChI is InChI=1S/C19H18FN5O2/c20-14-5-3-4-13(10-14)17-11-21-8-9-24(17)18(26)12-25-19(27)15-6-1-2-7-16(15)22-23-25/h1-7,10,17,21H,8-9,11-12H2. The SMILES string of the molecule is O=C(Cn1nnc2ccccc2c1=O)N1CCNCC1c1cccc(F)c1. The maximum Gasteiger partial charge on any atom is 0.278 e. The molecular formula is C19H18FN5O2. The Labute approximate surface area is 154 Å². The van der Waals surface area contributed by atoms with Gasteiger partial charge in [-0.15, -0.1) is 5.10 Å². The van der Waals surface area contributed by atoms with Gasteiger partial charge in [0.25, 0.3) is 5.56 Å². The monoisotopic (exact) mass is 367 g/mol. The summed E-state index contributed by atoms with van der Waals surface area (Å²) in [6.07, 6.45) is 0. The van der Waals surface area contributed by atoms with E-state index in [4.69, 9.17) is 0 Å². The van der Waals surface area contributed by atoms with Crippen molar-refractivity contribution in [2.75, 3.05) is 19.6 Å². The summed E-state index contributed by atoms with van der Waals surface area (Å²) in [6.45, 7) is 1.42. The van der Waals surface area contributed by atoms with E-state index in [-0.39, 0.29) is 29.9 Å². The summed E-state index contributed by atoms with van der Waals surface area (Å²) < 4.78 is 14.7. The Kier molecular flexibility index (Phi) is 4.64. The topological polar surface area (TPSA) is 80.1 Å². The van der Waals surface area contributed by atoms with Crippen molar-refractivity contribution in [3.8, 4) is 0 Å². The van der Waals surface area contributed by atoms with Crippen molar-refractivity contribution in [3.63, 3.8) is 0 Å². The number of aromatic nitrogens is 3. The molecule has 1 unspecified atom stereocenters. The Bertz CT molecular complexity index is 1050. The zero-order valence-corrected chi connectivity index (χ0v) is 14.5. The summed E-state index contributed by atoms with van der Waals surface area (Å²) in [5.41, 5.74) is 0.852. The van der Waals surface area contributed by atoms with Crippen molar-refractivity contribution >= 4 is 16.8 Å². The molecule has 1 fully saturated rings. The minimum atomic E-state index is -0.355. The van der Waals surface area contributed by atoms with E-state index in [2.05, 4.69) is 15.6 Å². The molecule has 1 aliphatic rings. The number of benzene rings is 2. The van der Waals surface area contributed by atoms with Gasteiger partial charge >= 0.3 is 0 Å². The summed E-state index contributed by atoms with van der Waals surface area (Å²) >= 11 is 0. The maximum atomic E-state index is 13.6. The van der Waals surface area contributed by atoms with Crippen molar-refractivity contribution in [2.45, 2.75) is 12.6 Å². The predicted molar refractivity (Wildman–Crippen MR) is 97.5 cm³/mol. The van der Waals surface area contributed by atoms with Gasteiger partial charge in [-0.05, 0) is 29.8 Å². The molecule has 0 aliphatic carbocycles. The summed E-state index contributed by atoms with van der Waals surface area (Å²) in [5.74, 6) is -0.598. The highest BCUT2D eigenvalue weighted by Crippen LogP contribution is 2.23. The van der Waals surface area contributed by atoms with Gasteiger partial charge in [0.1, 0.15) is 17.9 Å². The van der Waals surface area contributed by atoms with Gasteiger partial charge in [0.05, 0.1) is 11.4 Å². The molecule has 0 saturated carbocycles. The quantitative estimate of drug-likeness (QED) is 0.750. The van der Waals surface area contributed by atoms with Crippen molar-refractivity contribution in [3.05, 3.63) is 70.3 Å². The number of amides is 1. The summed E-state index contributed by atoms with van der Waals surface area (Å²) in [4.78, 5) is 27.1. The molecule has 138 valence electrons. The number of carbonyl (C=O) groups is 1. The number of hydrogen-bond acceptors (Lipinski definition) is 5. The molecule has 0 radical (unpaired) electrons. The van der Waals surface area contributed by atoms with Gasteiger partial charge < -0.3 is 10.2 Å². The number of rotatable bonds is 3. The molecule has 1 aromatic heterocycles. The molecule has 1 aliphatic heterocycles. The van der Waals surface area contributed by atoms with E-state index in [9.17, 15) is 14.0 Å². The van der Waals surface area contributed by atoms with Crippen molar-refractivity contribution in [2.24, 2.45) is 0 Å². The van der Waals surface area contributed by atoms with Crippen LogP contribution in [0.5, 0.6) is 0 Å². The van der Waals surface area contributed by atoms with Crippen LogP contribution < -0.4 is 10.9 Å². The molecule has 1 atom stereocenters. The normalized spacial score (nSPS) is 17.2. The zero-order valence-electron chi connectivity index (χ0n) is 14.5. The average Bonchev–Trinajstić information content (AvgIpc) is 2.70. The number of nitrogens with one attached hydrogen (secondary N) is 1. The van der Waals surface area contributed by atoms with E-state index in [1.54, 1.807) is 41.3 Å². The third-order valence-electron chi connectivity index (χ3n) is 4.71. The van der Waals surface area contributed by atoms with Gasteiger partial charge in [-0.3, -0.25) is 9.59 Å². The summed E-state index contributed by atoms with van der Waals surface area (Å²) in [7, 11) is 0. The number of halogens is 1. The van der Waals surface area contributed by atoms with Crippen LogP contribution in [0.25, 0.3) is 10.9 Å². The zero-order chi connectivity index (χ0) is 18.8. The maximum absolute atomic E-state index is 13.6. The lowest BCUT2D eigenvalue weighted by Gasteiger charge is -2.36. The fraction of sp³-hybridized carbons (Fsp3) is 0.263. The Morgan fingerprint density at radius 2 is 2.07 bits per heavy atom. The molecule has 3 aromatic rings. The first-order valence-corrected chi connectivity index (χ1v) is 8.72. The van der Waals surface area contributed by atoms with Gasteiger partial charge in [0.15, 0.2) is 0 Å². The molecule has 1 amide bonds. The highest BCUT2D eigenvalue weighted by molar-refractivity contribution is 5.78. The Morgan fingerprint density at radius 3 is 2.93 bits per heavy atom. The molecule has 0 bridgehead atoms. The first-order chi connectivity index (χ1) is 13.1. The van der Waals surface area contributed by atoms with Gasteiger partial charge in [-0.2, -0.15) is 0 Å². The lowest BCUT2D eigenvalue weighted by molar-refractivity contribution is -0.135. The first-order valence-electron chi connectivity index (χ1n) is 8.72. The predicted octanol–water partition coefficient (Wildman–Crippen LogP) is 1.10. The van der Waals surface area contributed by atoms with Gasteiger partial charge in [-0.1, -0.05) is 29.5 Å². The van der Waals surface area contributed by atoms with Gasteiger partial charge in [-0.25, -0.2) is 9.07 Å². The lowest BCUT2D eigenvalue weighted by atomic mass is 10.0. The van der Waals surface area contributed by atoms with Crippen LogP contribution in [0, 0.1) is 5.82 Å². The third-order valence-corrected chi connectivity index (χ3v) is 4.71. The van der Waals surface area contributed by atoms with Gasteiger partial charge in [0.2, 0.25) is 5.91 Å². The molecule has 1 N–H and O–H groups in total. The van der Waals surface area contributed by atoms with E-state index in [1.807, 2.05) is 0 Å². The second-order valence-corrected chi connectivity index (χ2v) is 6.43. The van der Waals surface area contributed by atoms with E-state index in [0.29, 0.717) is 36.1 Å². The molecule has 27 heavy (non-hydrogen) atoms. The fourth-order valence-corrected chi connectivity index (χ4v) is 3.36. The van der Waals surface area contributed by atoms with Crippen LogP contribution in [0.4, 0.5) is 4.39 Å². The van der Waals surface area contributed by atoms with E-state index >= 15 is 0 Å². The van der Waals surface area contributed by atoms with Crippen LogP contribution in [0.1, 0.15) is 11.6 Å². The Morgan fingerprint density at radius 1 is 1.22 bits per heavy atom. The summed E-state index contributed by atoms with van der Waals surface area (Å²) in [6, 6.07) is 12.8.